The van der Waals surface area contributed by atoms with Gasteiger partial charge >= 0.3 is 0 Å². The Balaban J connectivity index is 1.90. The summed E-state index contributed by atoms with van der Waals surface area (Å²) >= 11 is 0. The van der Waals surface area contributed by atoms with Crippen LogP contribution in [0.2, 0.25) is 0 Å². The number of anilines is 1. The fourth-order valence-corrected chi connectivity index (χ4v) is 2.28. The summed E-state index contributed by atoms with van der Waals surface area (Å²) in [6, 6.07) is 9.19. The number of carbonyl (C=O) groups excluding carboxylic acids is 1. The minimum Gasteiger partial charge on any atom is -0.494 e. The highest BCUT2D eigenvalue weighted by Gasteiger charge is 2.16. The summed E-state index contributed by atoms with van der Waals surface area (Å²) in [6.07, 6.45) is 0. The molecule has 0 saturated heterocycles. The third-order valence-electron chi connectivity index (χ3n) is 3.41. The predicted molar refractivity (Wildman–Crippen MR) is 88.9 cm³/mol. The minimum absolute atomic E-state index is 0.0361. The van der Waals surface area contributed by atoms with Crippen molar-refractivity contribution in [3.63, 3.8) is 0 Å². The first-order chi connectivity index (χ1) is 11.9. The molecule has 0 aliphatic rings. The second-order valence-electron chi connectivity index (χ2n) is 5.52. The summed E-state index contributed by atoms with van der Waals surface area (Å²) in [5.41, 5.74) is 0.580. The molecule has 0 atom stereocenters. The van der Waals surface area contributed by atoms with Crippen LogP contribution in [0.25, 0.3) is 0 Å². The predicted octanol–water partition coefficient (Wildman–Crippen LogP) is 3.57. The number of rotatable bonds is 7. The average Bonchev–Trinajstić information content (AvgIpc) is 2.57. The van der Waals surface area contributed by atoms with Crippen LogP contribution in [-0.4, -0.2) is 31.0 Å². The van der Waals surface area contributed by atoms with Gasteiger partial charge in [0, 0.05) is 6.54 Å². The summed E-state index contributed by atoms with van der Waals surface area (Å²) in [6.45, 7) is 2.93. The zero-order valence-electron chi connectivity index (χ0n) is 14.0. The first kappa shape index (κ1) is 18.8. The SMILES string of the molecule is CCOc1ccc(CN(C)CC(=O)Nc2ccc(F)c(F)c2F)cc1. The Kier molecular flexibility index (Phi) is 6.41. The molecule has 0 saturated carbocycles. The zero-order valence-corrected chi connectivity index (χ0v) is 14.0. The molecule has 0 aliphatic carbocycles. The van der Waals surface area contributed by atoms with E-state index >= 15 is 0 Å². The highest BCUT2D eigenvalue weighted by atomic mass is 19.2. The van der Waals surface area contributed by atoms with Gasteiger partial charge in [-0.05, 0) is 43.8 Å². The number of hydrogen-bond donors (Lipinski definition) is 1. The molecule has 2 aromatic carbocycles. The van der Waals surface area contributed by atoms with E-state index in [1.807, 2.05) is 31.2 Å². The van der Waals surface area contributed by atoms with Gasteiger partial charge in [0.2, 0.25) is 5.91 Å². The zero-order chi connectivity index (χ0) is 18.4. The topological polar surface area (TPSA) is 41.6 Å². The van der Waals surface area contributed by atoms with Crippen molar-refractivity contribution in [3.8, 4) is 5.75 Å². The molecule has 134 valence electrons. The van der Waals surface area contributed by atoms with E-state index in [4.69, 9.17) is 4.74 Å². The lowest BCUT2D eigenvalue weighted by Crippen LogP contribution is -2.30. The van der Waals surface area contributed by atoms with Crippen LogP contribution < -0.4 is 10.1 Å². The highest BCUT2D eigenvalue weighted by molar-refractivity contribution is 5.92. The molecule has 0 aromatic heterocycles. The third kappa shape index (κ3) is 5.22. The maximum Gasteiger partial charge on any atom is 0.238 e. The Morgan fingerprint density at radius 1 is 1.08 bits per heavy atom. The molecule has 2 rings (SSSR count). The molecule has 0 unspecified atom stereocenters. The van der Waals surface area contributed by atoms with Gasteiger partial charge in [0.15, 0.2) is 17.5 Å². The molecule has 0 fully saturated rings. The molecule has 2 aromatic rings. The Hall–Kier alpha value is -2.54. The van der Waals surface area contributed by atoms with Crippen LogP contribution in [0.3, 0.4) is 0 Å². The van der Waals surface area contributed by atoms with Crippen LogP contribution in [-0.2, 0) is 11.3 Å². The highest BCUT2D eigenvalue weighted by Crippen LogP contribution is 2.19. The summed E-state index contributed by atoms with van der Waals surface area (Å²) < 4.78 is 44.9. The Morgan fingerprint density at radius 2 is 1.76 bits per heavy atom. The maximum absolute atomic E-state index is 13.6. The van der Waals surface area contributed by atoms with E-state index in [-0.39, 0.29) is 6.54 Å². The van der Waals surface area contributed by atoms with Crippen molar-refractivity contribution < 1.29 is 22.7 Å². The summed E-state index contributed by atoms with van der Waals surface area (Å²) in [5, 5.41) is 2.24. The van der Waals surface area contributed by atoms with Gasteiger partial charge in [-0.25, -0.2) is 13.2 Å². The molecule has 0 bridgehead atoms. The fraction of sp³-hybridized carbons (Fsp3) is 0.278. The number of ether oxygens (including phenoxy) is 1. The molecule has 1 amide bonds. The molecule has 7 heteroatoms. The van der Waals surface area contributed by atoms with Crippen LogP contribution >= 0.6 is 0 Å². The Labute approximate surface area is 144 Å². The molecule has 0 aliphatic heterocycles. The van der Waals surface area contributed by atoms with Gasteiger partial charge in [0.05, 0.1) is 18.8 Å². The molecule has 25 heavy (non-hydrogen) atoms. The number of halogens is 3. The monoisotopic (exact) mass is 352 g/mol. The smallest absolute Gasteiger partial charge is 0.238 e. The maximum atomic E-state index is 13.6. The van der Waals surface area contributed by atoms with E-state index in [9.17, 15) is 18.0 Å². The lowest BCUT2D eigenvalue weighted by Gasteiger charge is -2.17. The van der Waals surface area contributed by atoms with Crippen LogP contribution in [0, 0.1) is 17.5 Å². The van der Waals surface area contributed by atoms with Crippen LogP contribution in [0.5, 0.6) is 5.75 Å². The number of carbonyl (C=O) groups is 1. The molecule has 0 heterocycles. The van der Waals surface area contributed by atoms with Crippen molar-refractivity contribution in [2.24, 2.45) is 0 Å². The van der Waals surface area contributed by atoms with E-state index in [0.717, 1.165) is 23.4 Å². The fourth-order valence-electron chi connectivity index (χ4n) is 2.28. The Morgan fingerprint density at radius 3 is 2.40 bits per heavy atom. The van der Waals surface area contributed by atoms with Crippen molar-refractivity contribution in [2.75, 3.05) is 25.5 Å². The molecule has 0 radical (unpaired) electrons. The first-order valence-corrected chi connectivity index (χ1v) is 7.74. The second kappa shape index (κ2) is 8.53. The van der Waals surface area contributed by atoms with Crippen molar-refractivity contribution in [1.29, 1.82) is 0 Å². The molecule has 1 N–H and O–H groups in total. The summed E-state index contributed by atoms with van der Waals surface area (Å²) in [4.78, 5) is 13.7. The summed E-state index contributed by atoms with van der Waals surface area (Å²) in [7, 11) is 1.72. The van der Waals surface area contributed by atoms with Gasteiger partial charge in [-0.15, -0.1) is 0 Å². The molecule has 0 spiro atoms. The van der Waals surface area contributed by atoms with Crippen molar-refractivity contribution in [2.45, 2.75) is 13.5 Å². The number of nitrogens with one attached hydrogen (secondary N) is 1. The van der Waals surface area contributed by atoms with Crippen molar-refractivity contribution >= 4 is 11.6 Å². The van der Waals surface area contributed by atoms with E-state index in [0.29, 0.717) is 13.2 Å². The lowest BCUT2D eigenvalue weighted by molar-refractivity contribution is -0.117. The van der Waals surface area contributed by atoms with Crippen molar-refractivity contribution in [1.82, 2.24) is 4.90 Å². The largest absolute Gasteiger partial charge is 0.494 e. The average molecular weight is 352 g/mol. The van der Waals surface area contributed by atoms with E-state index in [2.05, 4.69) is 5.32 Å². The number of likely N-dealkylation sites (N-methyl/N-ethyl adjacent to an activating group) is 1. The quantitative estimate of drug-likeness (QED) is 0.775. The van der Waals surface area contributed by atoms with Gasteiger partial charge in [-0.2, -0.15) is 0 Å². The minimum atomic E-state index is -1.61. The second-order valence-corrected chi connectivity index (χ2v) is 5.52. The van der Waals surface area contributed by atoms with E-state index < -0.39 is 29.0 Å². The number of amides is 1. The van der Waals surface area contributed by atoms with Gasteiger partial charge in [-0.3, -0.25) is 9.69 Å². The first-order valence-electron chi connectivity index (χ1n) is 7.74. The van der Waals surface area contributed by atoms with Crippen LogP contribution in [0.4, 0.5) is 18.9 Å². The van der Waals surface area contributed by atoms with Gasteiger partial charge < -0.3 is 10.1 Å². The normalized spacial score (nSPS) is 10.8. The van der Waals surface area contributed by atoms with E-state index in [1.54, 1.807) is 11.9 Å². The van der Waals surface area contributed by atoms with Gasteiger partial charge in [0.1, 0.15) is 5.75 Å². The van der Waals surface area contributed by atoms with Crippen molar-refractivity contribution in [3.05, 3.63) is 59.4 Å². The van der Waals surface area contributed by atoms with Crippen LogP contribution in [0.1, 0.15) is 12.5 Å². The molecular formula is C18H19F3N2O2. The number of benzene rings is 2. The Bertz CT molecular complexity index is 736. The lowest BCUT2D eigenvalue weighted by atomic mass is 10.2. The number of hydrogen-bond acceptors (Lipinski definition) is 3. The third-order valence-corrected chi connectivity index (χ3v) is 3.41. The standard InChI is InChI=1S/C18H19F3N2O2/c1-3-25-13-6-4-12(5-7-13)10-23(2)11-16(24)22-15-9-8-14(19)17(20)18(15)21/h4-9H,3,10-11H2,1-2H3,(H,22,24). The molecule has 4 nitrogen and oxygen atoms in total. The van der Waals surface area contributed by atoms with Gasteiger partial charge in [0.25, 0.3) is 0 Å². The van der Waals surface area contributed by atoms with E-state index in [1.165, 1.54) is 0 Å². The van der Waals surface area contributed by atoms with Crippen LogP contribution in [0.15, 0.2) is 36.4 Å². The van der Waals surface area contributed by atoms with Gasteiger partial charge in [-0.1, -0.05) is 12.1 Å². The number of nitrogens with zero attached hydrogens (tertiary/aromatic N) is 1. The molecular weight excluding hydrogens is 333 g/mol. The summed E-state index contributed by atoms with van der Waals surface area (Å²) in [5.74, 6) is -4.09.